The molecule has 4 rings (SSSR count). The fourth-order valence-corrected chi connectivity index (χ4v) is 5.00. The molecule has 3 heteroatoms. The Morgan fingerprint density at radius 2 is 1.57 bits per heavy atom. The lowest BCUT2D eigenvalue weighted by Gasteiger charge is -2.52. The maximum Gasteiger partial charge on any atom is 0.120 e. The van der Waals surface area contributed by atoms with E-state index in [1.165, 1.54) is 24.8 Å². The predicted octanol–water partition coefficient (Wildman–Crippen LogP) is 5.27. The minimum absolute atomic E-state index is 0.210. The Labute approximate surface area is 169 Å². The van der Waals surface area contributed by atoms with Crippen molar-refractivity contribution in [3.05, 3.63) is 65.7 Å². The Balaban J connectivity index is 1.51. The first kappa shape index (κ1) is 19.5. The predicted molar refractivity (Wildman–Crippen MR) is 113 cm³/mol. The van der Waals surface area contributed by atoms with Crippen molar-refractivity contribution in [1.82, 2.24) is 4.90 Å². The van der Waals surface area contributed by atoms with Gasteiger partial charge in [0.15, 0.2) is 0 Å². The highest BCUT2D eigenvalue weighted by Crippen LogP contribution is 2.45. The lowest BCUT2D eigenvalue weighted by molar-refractivity contribution is -0.0999. The summed E-state index contributed by atoms with van der Waals surface area (Å²) in [5, 5.41) is 11.6. The van der Waals surface area contributed by atoms with E-state index in [4.69, 9.17) is 4.74 Å². The third kappa shape index (κ3) is 4.26. The second kappa shape index (κ2) is 7.53. The normalized spacial score (nSPS) is 28.1. The molecule has 2 aliphatic heterocycles. The molecule has 2 atom stereocenters. The van der Waals surface area contributed by atoms with Crippen molar-refractivity contribution in [2.75, 3.05) is 0 Å². The second-order valence-corrected chi connectivity index (χ2v) is 9.58. The van der Waals surface area contributed by atoms with Crippen LogP contribution in [0.2, 0.25) is 0 Å². The Kier molecular flexibility index (Phi) is 5.24. The molecular formula is C25H33NO2. The van der Waals surface area contributed by atoms with Crippen molar-refractivity contribution in [3.8, 4) is 5.75 Å². The molecule has 2 aromatic rings. The summed E-state index contributed by atoms with van der Waals surface area (Å²) < 4.78 is 5.95. The van der Waals surface area contributed by atoms with Gasteiger partial charge in [0.1, 0.15) is 11.4 Å². The molecule has 0 saturated carbocycles. The van der Waals surface area contributed by atoms with E-state index in [-0.39, 0.29) is 5.60 Å². The van der Waals surface area contributed by atoms with E-state index >= 15 is 0 Å². The quantitative estimate of drug-likeness (QED) is 0.786. The minimum Gasteiger partial charge on any atom is -0.488 e. The first-order valence-electron chi connectivity index (χ1n) is 10.6. The van der Waals surface area contributed by atoms with Crippen LogP contribution in [0, 0.1) is 0 Å². The zero-order valence-electron chi connectivity index (χ0n) is 17.4. The number of rotatable bonds is 4. The van der Waals surface area contributed by atoms with E-state index in [2.05, 4.69) is 68.1 Å². The number of aliphatic hydroxyl groups is 1. The van der Waals surface area contributed by atoms with Crippen LogP contribution in [-0.2, 0) is 12.1 Å². The van der Waals surface area contributed by atoms with E-state index in [0.717, 1.165) is 30.7 Å². The van der Waals surface area contributed by atoms with E-state index < -0.39 is 5.60 Å². The summed E-state index contributed by atoms with van der Waals surface area (Å²) in [4.78, 5) is 2.64. The van der Waals surface area contributed by atoms with Gasteiger partial charge in [-0.1, -0.05) is 48.9 Å². The summed E-state index contributed by atoms with van der Waals surface area (Å²) in [7, 11) is 0. The standard InChI is InChI=1S/C25H33NO2/c1-24(2,3)28-23-14-12-20(13-15-23)25(27)16-21-10-7-11-22(17-25)26(21)18-19-8-5-4-6-9-19/h4-6,8-9,12-15,21-22,27H,7,10-11,16-18H2,1-3H3. The first-order chi connectivity index (χ1) is 13.3. The van der Waals surface area contributed by atoms with Gasteiger partial charge in [-0.15, -0.1) is 0 Å². The molecule has 3 nitrogen and oxygen atoms in total. The van der Waals surface area contributed by atoms with Gasteiger partial charge in [0.05, 0.1) is 5.60 Å². The van der Waals surface area contributed by atoms with Crippen LogP contribution in [0.1, 0.15) is 64.0 Å². The van der Waals surface area contributed by atoms with Crippen LogP contribution in [0.25, 0.3) is 0 Å². The van der Waals surface area contributed by atoms with Gasteiger partial charge >= 0.3 is 0 Å². The minimum atomic E-state index is -0.733. The number of hydrogen-bond acceptors (Lipinski definition) is 3. The fraction of sp³-hybridized carbons (Fsp3) is 0.520. The molecule has 2 fully saturated rings. The summed E-state index contributed by atoms with van der Waals surface area (Å²) in [6.07, 6.45) is 5.26. The van der Waals surface area contributed by atoms with Crippen LogP contribution < -0.4 is 4.74 Å². The van der Waals surface area contributed by atoms with E-state index in [1.54, 1.807) is 0 Å². The van der Waals surface area contributed by atoms with Crippen molar-refractivity contribution >= 4 is 0 Å². The number of ether oxygens (including phenoxy) is 1. The molecular weight excluding hydrogens is 346 g/mol. The van der Waals surface area contributed by atoms with Gasteiger partial charge in [-0.2, -0.15) is 0 Å². The lowest BCUT2D eigenvalue weighted by Crippen LogP contribution is -2.56. The molecule has 1 N–H and O–H groups in total. The number of nitrogens with zero attached hydrogens (tertiary/aromatic N) is 1. The van der Waals surface area contributed by atoms with Crippen LogP contribution in [0.4, 0.5) is 0 Å². The summed E-state index contributed by atoms with van der Waals surface area (Å²) in [6.45, 7) is 7.15. The highest BCUT2D eigenvalue weighted by Gasteiger charge is 2.46. The second-order valence-electron chi connectivity index (χ2n) is 9.58. The summed E-state index contributed by atoms with van der Waals surface area (Å²) >= 11 is 0. The van der Waals surface area contributed by atoms with Gasteiger partial charge < -0.3 is 9.84 Å². The SMILES string of the molecule is CC(C)(C)Oc1ccc(C2(O)CC3CCCC(C2)N3Cc2ccccc2)cc1. The maximum atomic E-state index is 11.6. The van der Waals surface area contributed by atoms with E-state index in [1.807, 2.05) is 12.1 Å². The molecule has 0 amide bonds. The average molecular weight is 380 g/mol. The van der Waals surface area contributed by atoms with E-state index in [9.17, 15) is 5.11 Å². The van der Waals surface area contributed by atoms with Crippen molar-refractivity contribution < 1.29 is 9.84 Å². The zero-order valence-corrected chi connectivity index (χ0v) is 17.4. The molecule has 2 saturated heterocycles. The Morgan fingerprint density at radius 1 is 0.964 bits per heavy atom. The molecule has 2 bridgehead atoms. The lowest BCUT2D eigenvalue weighted by atomic mass is 9.72. The molecule has 0 aromatic heterocycles. The van der Waals surface area contributed by atoms with Crippen LogP contribution in [0.15, 0.2) is 54.6 Å². The molecule has 150 valence electrons. The first-order valence-corrected chi connectivity index (χ1v) is 10.6. The summed E-state index contributed by atoms with van der Waals surface area (Å²) in [5.74, 6) is 0.863. The van der Waals surface area contributed by atoms with Crippen molar-refractivity contribution in [3.63, 3.8) is 0 Å². The average Bonchev–Trinajstić information content (AvgIpc) is 2.63. The van der Waals surface area contributed by atoms with Gasteiger partial charge in [0.2, 0.25) is 0 Å². The Morgan fingerprint density at radius 3 is 2.14 bits per heavy atom. The summed E-state index contributed by atoms with van der Waals surface area (Å²) in [6, 6.07) is 19.8. The molecule has 28 heavy (non-hydrogen) atoms. The molecule has 0 radical (unpaired) electrons. The highest BCUT2D eigenvalue weighted by atomic mass is 16.5. The monoisotopic (exact) mass is 379 g/mol. The Hall–Kier alpha value is -1.84. The number of fused-ring (bicyclic) bond motifs is 2. The Bertz CT molecular complexity index is 764. The third-order valence-electron chi connectivity index (χ3n) is 6.18. The van der Waals surface area contributed by atoms with Crippen LogP contribution in [-0.4, -0.2) is 27.7 Å². The molecule has 2 aromatic carbocycles. The van der Waals surface area contributed by atoms with E-state index in [0.29, 0.717) is 12.1 Å². The topological polar surface area (TPSA) is 32.7 Å². The van der Waals surface area contributed by atoms with Gasteiger partial charge in [-0.25, -0.2) is 0 Å². The maximum absolute atomic E-state index is 11.6. The number of piperidine rings is 2. The molecule has 0 aliphatic carbocycles. The molecule has 2 unspecified atom stereocenters. The van der Waals surface area contributed by atoms with Crippen LogP contribution in [0.5, 0.6) is 5.75 Å². The van der Waals surface area contributed by atoms with Gasteiger partial charge in [-0.3, -0.25) is 4.90 Å². The molecule has 2 aliphatic rings. The summed E-state index contributed by atoms with van der Waals surface area (Å²) in [5.41, 5.74) is 1.46. The van der Waals surface area contributed by atoms with Gasteiger partial charge in [0.25, 0.3) is 0 Å². The van der Waals surface area contributed by atoms with Crippen molar-refractivity contribution in [1.29, 1.82) is 0 Å². The van der Waals surface area contributed by atoms with Gasteiger partial charge in [0, 0.05) is 18.6 Å². The molecule has 2 heterocycles. The number of hydrogen-bond donors (Lipinski definition) is 1. The zero-order chi connectivity index (χ0) is 19.8. The van der Waals surface area contributed by atoms with Gasteiger partial charge in [-0.05, 0) is 69.7 Å². The number of benzene rings is 2. The fourth-order valence-electron chi connectivity index (χ4n) is 5.00. The smallest absolute Gasteiger partial charge is 0.120 e. The third-order valence-corrected chi connectivity index (χ3v) is 6.18. The highest BCUT2D eigenvalue weighted by molar-refractivity contribution is 5.32. The van der Waals surface area contributed by atoms with Crippen LogP contribution in [0.3, 0.4) is 0 Å². The van der Waals surface area contributed by atoms with Crippen LogP contribution >= 0.6 is 0 Å². The van der Waals surface area contributed by atoms with Crippen molar-refractivity contribution in [2.24, 2.45) is 0 Å². The van der Waals surface area contributed by atoms with Crippen molar-refractivity contribution in [2.45, 2.75) is 82.7 Å². The molecule has 0 spiro atoms. The largest absolute Gasteiger partial charge is 0.488 e.